The summed E-state index contributed by atoms with van der Waals surface area (Å²) in [5.74, 6) is -0.804. The maximum absolute atomic E-state index is 12.3. The summed E-state index contributed by atoms with van der Waals surface area (Å²) in [4.78, 5) is 23.6. The maximum atomic E-state index is 12.3. The molecule has 0 aliphatic rings. The molecule has 0 unspecified atom stereocenters. The third kappa shape index (κ3) is 2.16. The summed E-state index contributed by atoms with van der Waals surface area (Å²) >= 11 is 0. The number of methoxy groups -OCH3 is 1. The Morgan fingerprint density at radius 1 is 1.26 bits per heavy atom. The Morgan fingerprint density at radius 3 is 2.42 bits per heavy atom. The van der Waals surface area contributed by atoms with Crippen molar-refractivity contribution < 1.29 is 18.7 Å². The number of furan rings is 1. The molecule has 19 heavy (non-hydrogen) atoms. The van der Waals surface area contributed by atoms with E-state index in [0.29, 0.717) is 11.3 Å². The van der Waals surface area contributed by atoms with E-state index in [1.165, 1.54) is 19.2 Å². The second kappa shape index (κ2) is 4.72. The number of ether oxygens (including phenoxy) is 1. The van der Waals surface area contributed by atoms with Crippen molar-refractivity contribution in [2.24, 2.45) is 7.05 Å². The zero-order valence-corrected chi connectivity index (χ0v) is 11.2. The van der Waals surface area contributed by atoms with Crippen LogP contribution in [0.1, 0.15) is 38.1 Å². The highest BCUT2D eigenvalue weighted by Gasteiger charge is 2.23. The number of hydrogen-bond donors (Lipinski definition) is 0. The van der Waals surface area contributed by atoms with Gasteiger partial charge in [-0.1, -0.05) is 0 Å². The van der Waals surface area contributed by atoms with E-state index in [2.05, 4.69) is 9.84 Å². The first kappa shape index (κ1) is 13.1. The Kier molecular flexibility index (Phi) is 3.25. The first-order valence-electron chi connectivity index (χ1n) is 5.68. The van der Waals surface area contributed by atoms with Crippen molar-refractivity contribution in [3.63, 3.8) is 0 Å². The molecule has 2 aromatic rings. The second-order valence-corrected chi connectivity index (χ2v) is 4.15. The Bertz CT molecular complexity index is 652. The molecule has 6 heteroatoms. The minimum atomic E-state index is -0.612. The van der Waals surface area contributed by atoms with Crippen LogP contribution >= 0.6 is 0 Å². The van der Waals surface area contributed by atoms with Gasteiger partial charge >= 0.3 is 5.97 Å². The predicted octanol–water partition coefficient (Wildman–Crippen LogP) is 1.65. The normalized spacial score (nSPS) is 10.5. The molecule has 2 aromatic heterocycles. The van der Waals surface area contributed by atoms with E-state index < -0.39 is 5.97 Å². The van der Waals surface area contributed by atoms with Crippen LogP contribution in [0.4, 0.5) is 0 Å². The number of hydrogen-bond acceptors (Lipinski definition) is 5. The molecule has 0 saturated carbocycles. The summed E-state index contributed by atoms with van der Waals surface area (Å²) in [6, 6.07) is 2.88. The molecule has 6 nitrogen and oxygen atoms in total. The summed E-state index contributed by atoms with van der Waals surface area (Å²) in [5.41, 5.74) is 1.87. The van der Waals surface area contributed by atoms with E-state index >= 15 is 0 Å². The standard InChI is InChI=1S/C13H14N2O4/c1-7-11(8(2)15(3)14-7)12(16)9-5-6-10(19-9)13(17)18-4/h5-6H,1-4H3. The van der Waals surface area contributed by atoms with E-state index in [1.807, 2.05) is 0 Å². The molecular weight excluding hydrogens is 248 g/mol. The van der Waals surface area contributed by atoms with Gasteiger partial charge in [-0.15, -0.1) is 0 Å². The van der Waals surface area contributed by atoms with Crippen LogP contribution < -0.4 is 0 Å². The molecule has 0 aliphatic carbocycles. The van der Waals surface area contributed by atoms with Gasteiger partial charge in [0.25, 0.3) is 0 Å². The van der Waals surface area contributed by atoms with Gasteiger partial charge in [0.15, 0.2) is 5.76 Å². The quantitative estimate of drug-likeness (QED) is 0.621. The number of carbonyl (C=O) groups is 2. The average molecular weight is 262 g/mol. The van der Waals surface area contributed by atoms with Crippen LogP contribution in [0, 0.1) is 13.8 Å². The lowest BCUT2D eigenvalue weighted by Gasteiger charge is -1.98. The van der Waals surface area contributed by atoms with Gasteiger partial charge in [0.1, 0.15) is 0 Å². The zero-order chi connectivity index (χ0) is 14.2. The Balaban J connectivity index is 2.39. The third-order valence-electron chi connectivity index (χ3n) is 2.95. The molecule has 0 aliphatic heterocycles. The van der Waals surface area contributed by atoms with Crippen molar-refractivity contribution in [3.8, 4) is 0 Å². The van der Waals surface area contributed by atoms with Crippen LogP contribution in [0.5, 0.6) is 0 Å². The number of aryl methyl sites for hydroxylation is 2. The highest BCUT2D eigenvalue weighted by Crippen LogP contribution is 2.19. The van der Waals surface area contributed by atoms with Gasteiger partial charge in [0.05, 0.1) is 18.4 Å². The first-order valence-corrected chi connectivity index (χ1v) is 5.68. The number of ketones is 1. The van der Waals surface area contributed by atoms with E-state index in [-0.39, 0.29) is 17.3 Å². The second-order valence-electron chi connectivity index (χ2n) is 4.15. The van der Waals surface area contributed by atoms with Gasteiger partial charge in [-0.05, 0) is 26.0 Å². The van der Waals surface area contributed by atoms with Crippen molar-refractivity contribution in [2.75, 3.05) is 7.11 Å². The van der Waals surface area contributed by atoms with Crippen LogP contribution in [0.2, 0.25) is 0 Å². The fraction of sp³-hybridized carbons (Fsp3) is 0.308. The van der Waals surface area contributed by atoms with Gasteiger partial charge < -0.3 is 9.15 Å². The molecule has 0 amide bonds. The summed E-state index contributed by atoms with van der Waals surface area (Å²) in [6.07, 6.45) is 0. The minimum Gasteiger partial charge on any atom is -0.463 e. The highest BCUT2D eigenvalue weighted by molar-refractivity contribution is 6.09. The predicted molar refractivity (Wildman–Crippen MR) is 66.2 cm³/mol. The van der Waals surface area contributed by atoms with Crippen LogP contribution in [0.15, 0.2) is 16.5 Å². The fourth-order valence-electron chi connectivity index (χ4n) is 1.90. The SMILES string of the molecule is COC(=O)c1ccc(C(=O)c2c(C)nn(C)c2C)o1. The van der Waals surface area contributed by atoms with Crippen molar-refractivity contribution in [2.45, 2.75) is 13.8 Å². The lowest BCUT2D eigenvalue weighted by molar-refractivity contribution is 0.0563. The molecule has 2 heterocycles. The summed E-state index contributed by atoms with van der Waals surface area (Å²) in [5, 5.41) is 4.18. The number of esters is 1. The average Bonchev–Trinajstić information content (AvgIpc) is 2.95. The molecule has 0 atom stereocenters. The monoisotopic (exact) mass is 262 g/mol. The van der Waals surface area contributed by atoms with Gasteiger partial charge in [-0.2, -0.15) is 5.10 Å². The fourth-order valence-corrected chi connectivity index (χ4v) is 1.90. The van der Waals surface area contributed by atoms with Crippen molar-refractivity contribution in [1.82, 2.24) is 9.78 Å². The lowest BCUT2D eigenvalue weighted by Crippen LogP contribution is -2.04. The molecule has 0 N–H and O–H groups in total. The molecule has 0 fully saturated rings. The summed E-state index contributed by atoms with van der Waals surface area (Å²) in [7, 11) is 3.02. The molecular formula is C13H14N2O4. The number of rotatable bonds is 3. The third-order valence-corrected chi connectivity index (χ3v) is 2.95. The van der Waals surface area contributed by atoms with Crippen LogP contribution in [0.3, 0.4) is 0 Å². The largest absolute Gasteiger partial charge is 0.463 e. The van der Waals surface area contributed by atoms with Crippen LogP contribution in [0.25, 0.3) is 0 Å². The highest BCUT2D eigenvalue weighted by atomic mass is 16.5. The molecule has 0 aromatic carbocycles. The topological polar surface area (TPSA) is 74.3 Å². The molecule has 2 rings (SSSR count). The van der Waals surface area contributed by atoms with Crippen LogP contribution in [-0.2, 0) is 11.8 Å². The summed E-state index contributed by atoms with van der Waals surface area (Å²) < 4.78 is 11.4. The number of aromatic nitrogens is 2. The zero-order valence-electron chi connectivity index (χ0n) is 11.2. The Morgan fingerprint density at radius 2 is 1.89 bits per heavy atom. The van der Waals surface area contributed by atoms with E-state index in [9.17, 15) is 9.59 Å². The molecule has 0 radical (unpaired) electrons. The van der Waals surface area contributed by atoms with Crippen molar-refractivity contribution >= 4 is 11.8 Å². The van der Waals surface area contributed by atoms with Gasteiger partial charge in [-0.25, -0.2) is 4.79 Å². The molecule has 0 bridgehead atoms. The Hall–Kier alpha value is -2.37. The van der Waals surface area contributed by atoms with Crippen LogP contribution in [-0.4, -0.2) is 28.6 Å². The minimum absolute atomic E-state index is 0.00467. The van der Waals surface area contributed by atoms with Gasteiger partial charge in [0, 0.05) is 12.7 Å². The van der Waals surface area contributed by atoms with Crippen molar-refractivity contribution in [1.29, 1.82) is 0 Å². The Labute approximate surface area is 110 Å². The smallest absolute Gasteiger partial charge is 0.373 e. The van der Waals surface area contributed by atoms with E-state index in [4.69, 9.17) is 4.42 Å². The first-order chi connectivity index (χ1) is 8.95. The number of carbonyl (C=O) groups excluding carboxylic acids is 2. The molecule has 100 valence electrons. The molecule has 0 saturated heterocycles. The van der Waals surface area contributed by atoms with Crippen molar-refractivity contribution in [3.05, 3.63) is 40.6 Å². The lowest BCUT2D eigenvalue weighted by atomic mass is 10.1. The van der Waals surface area contributed by atoms with Gasteiger partial charge in [-0.3, -0.25) is 9.48 Å². The van der Waals surface area contributed by atoms with E-state index in [0.717, 1.165) is 5.69 Å². The maximum Gasteiger partial charge on any atom is 0.373 e. The number of nitrogens with zero attached hydrogens (tertiary/aromatic N) is 2. The van der Waals surface area contributed by atoms with Gasteiger partial charge in [0.2, 0.25) is 11.5 Å². The summed E-state index contributed by atoms with van der Waals surface area (Å²) in [6.45, 7) is 3.56. The van der Waals surface area contributed by atoms with E-state index in [1.54, 1.807) is 25.6 Å². The molecule has 0 spiro atoms.